The summed E-state index contributed by atoms with van der Waals surface area (Å²) in [5, 5.41) is 0. The topological polar surface area (TPSA) is 36.9 Å². The second-order valence-electron chi connectivity index (χ2n) is 11.0. The maximum absolute atomic E-state index is 6.02. The van der Waals surface area contributed by atoms with Crippen molar-refractivity contribution >= 4 is 0 Å². The van der Waals surface area contributed by atoms with E-state index < -0.39 is 11.2 Å². The van der Waals surface area contributed by atoms with Gasteiger partial charge in [0.15, 0.2) is 0 Å². The summed E-state index contributed by atoms with van der Waals surface area (Å²) in [5.41, 5.74) is -0.846. The van der Waals surface area contributed by atoms with Crippen molar-refractivity contribution in [3.8, 4) is 0 Å². The van der Waals surface area contributed by atoms with Gasteiger partial charge in [-0.2, -0.15) is 0 Å². The summed E-state index contributed by atoms with van der Waals surface area (Å²) >= 11 is 0. The Hall–Kier alpha value is -0.680. The Bertz CT molecular complexity index is 556. The van der Waals surface area contributed by atoms with E-state index in [4.69, 9.17) is 19.6 Å². The molecule has 0 heterocycles. The van der Waals surface area contributed by atoms with Crippen LogP contribution in [0.5, 0.6) is 0 Å². The summed E-state index contributed by atoms with van der Waals surface area (Å²) in [6, 6.07) is 0. The lowest BCUT2D eigenvalue weighted by atomic mass is 9.60. The zero-order chi connectivity index (χ0) is 21.3. The van der Waals surface area contributed by atoms with Gasteiger partial charge in [0.2, 0.25) is 0 Å². The first-order valence-corrected chi connectivity index (χ1v) is 10.0. The van der Waals surface area contributed by atoms with Gasteiger partial charge in [0.1, 0.15) is 11.2 Å². The van der Waals surface area contributed by atoms with Crippen LogP contribution >= 0.6 is 0 Å². The molecule has 1 rings (SSSR count). The normalized spacial score (nSPS) is 22.3. The molecule has 1 aliphatic carbocycles. The standard InChI is InChI=1S/C23H42O4/c1-17(2)23(22(11,12)27-25-20(6,7)8)15-13-14-18(16-23)21(9,10)26-24-19(3,4)5/h13-15,17H,16H2,1-12H3. The molecule has 0 aromatic heterocycles. The van der Waals surface area contributed by atoms with Crippen LogP contribution in [0, 0.1) is 11.3 Å². The van der Waals surface area contributed by atoms with E-state index >= 15 is 0 Å². The van der Waals surface area contributed by atoms with Crippen molar-refractivity contribution in [1.82, 2.24) is 0 Å². The highest BCUT2D eigenvalue weighted by molar-refractivity contribution is 5.32. The monoisotopic (exact) mass is 382 g/mol. The van der Waals surface area contributed by atoms with Crippen LogP contribution in [0.2, 0.25) is 0 Å². The molecular formula is C23H42O4. The van der Waals surface area contributed by atoms with Gasteiger partial charge < -0.3 is 0 Å². The van der Waals surface area contributed by atoms with E-state index in [0.717, 1.165) is 6.42 Å². The van der Waals surface area contributed by atoms with Crippen molar-refractivity contribution in [3.63, 3.8) is 0 Å². The Balaban J connectivity index is 3.11. The second-order valence-corrected chi connectivity index (χ2v) is 11.0. The minimum absolute atomic E-state index is 0.231. The van der Waals surface area contributed by atoms with Crippen LogP contribution in [0.15, 0.2) is 23.8 Å². The number of hydrogen-bond acceptors (Lipinski definition) is 4. The molecule has 0 radical (unpaired) electrons. The van der Waals surface area contributed by atoms with Crippen molar-refractivity contribution in [2.45, 2.75) is 112 Å². The molecule has 0 saturated carbocycles. The fraction of sp³-hybridized carbons (Fsp3) is 0.826. The van der Waals surface area contributed by atoms with E-state index in [1.54, 1.807) is 0 Å². The maximum atomic E-state index is 6.02. The van der Waals surface area contributed by atoms with Gasteiger partial charge in [0.25, 0.3) is 0 Å². The zero-order valence-electron chi connectivity index (χ0n) is 19.6. The average molecular weight is 383 g/mol. The Kier molecular flexibility index (Phi) is 7.20. The van der Waals surface area contributed by atoms with Gasteiger partial charge in [-0.1, -0.05) is 32.1 Å². The average Bonchev–Trinajstić information content (AvgIpc) is 2.50. The van der Waals surface area contributed by atoms with E-state index in [-0.39, 0.29) is 16.6 Å². The minimum Gasteiger partial charge on any atom is -0.230 e. The molecule has 158 valence electrons. The summed E-state index contributed by atoms with van der Waals surface area (Å²) < 4.78 is 0. The lowest BCUT2D eigenvalue weighted by Gasteiger charge is -2.50. The van der Waals surface area contributed by atoms with E-state index in [0.29, 0.717) is 5.92 Å². The SMILES string of the molecule is CC(C)C1(C(C)(C)OOC(C)(C)C)C=CC=C(C(C)(C)OOC(C)(C)C)C1. The van der Waals surface area contributed by atoms with Crippen molar-refractivity contribution in [1.29, 1.82) is 0 Å². The first-order chi connectivity index (χ1) is 11.9. The minimum atomic E-state index is -0.543. The summed E-state index contributed by atoms with van der Waals surface area (Å²) in [4.78, 5) is 23.2. The van der Waals surface area contributed by atoms with Gasteiger partial charge >= 0.3 is 0 Å². The molecule has 1 aliphatic rings. The molecule has 0 N–H and O–H groups in total. The van der Waals surface area contributed by atoms with E-state index in [1.807, 2.05) is 55.4 Å². The Morgan fingerprint density at radius 1 is 0.778 bits per heavy atom. The van der Waals surface area contributed by atoms with Crippen LogP contribution in [-0.4, -0.2) is 22.4 Å². The Labute approximate surface area is 167 Å². The Morgan fingerprint density at radius 2 is 1.26 bits per heavy atom. The highest BCUT2D eigenvalue weighted by atomic mass is 17.2. The van der Waals surface area contributed by atoms with Crippen LogP contribution < -0.4 is 0 Å². The van der Waals surface area contributed by atoms with E-state index in [2.05, 4.69) is 45.9 Å². The van der Waals surface area contributed by atoms with Gasteiger partial charge in [-0.05, 0) is 87.1 Å². The fourth-order valence-electron chi connectivity index (χ4n) is 3.28. The summed E-state index contributed by atoms with van der Waals surface area (Å²) in [6.07, 6.45) is 7.31. The summed E-state index contributed by atoms with van der Waals surface area (Å²) in [7, 11) is 0. The first kappa shape index (κ1) is 24.4. The Morgan fingerprint density at radius 3 is 1.70 bits per heavy atom. The predicted molar refractivity (Wildman–Crippen MR) is 111 cm³/mol. The fourth-order valence-corrected chi connectivity index (χ4v) is 3.28. The highest BCUT2D eigenvalue weighted by Gasteiger charge is 2.51. The molecule has 0 spiro atoms. The molecule has 1 atom stereocenters. The van der Waals surface area contributed by atoms with Crippen LogP contribution in [-0.2, 0) is 19.6 Å². The molecule has 0 saturated heterocycles. The van der Waals surface area contributed by atoms with Crippen LogP contribution in [0.4, 0.5) is 0 Å². The van der Waals surface area contributed by atoms with Gasteiger partial charge in [-0.3, -0.25) is 0 Å². The largest absolute Gasteiger partial charge is 0.230 e. The molecule has 0 aromatic rings. The molecular weight excluding hydrogens is 340 g/mol. The smallest absolute Gasteiger partial charge is 0.119 e. The van der Waals surface area contributed by atoms with Gasteiger partial charge in [0.05, 0.1) is 11.2 Å². The molecule has 1 unspecified atom stereocenters. The summed E-state index contributed by atoms with van der Waals surface area (Å²) in [5.74, 6) is 0.343. The van der Waals surface area contributed by atoms with Crippen LogP contribution in [0.3, 0.4) is 0 Å². The maximum Gasteiger partial charge on any atom is 0.119 e. The van der Waals surface area contributed by atoms with Crippen LogP contribution in [0.25, 0.3) is 0 Å². The molecule has 0 aliphatic heterocycles. The van der Waals surface area contributed by atoms with Gasteiger partial charge in [0, 0.05) is 5.41 Å². The lowest BCUT2D eigenvalue weighted by molar-refractivity contribution is -0.416. The number of hydrogen-bond donors (Lipinski definition) is 0. The quantitative estimate of drug-likeness (QED) is 0.369. The van der Waals surface area contributed by atoms with Crippen molar-refractivity contribution in [2.75, 3.05) is 0 Å². The van der Waals surface area contributed by atoms with Gasteiger partial charge in [-0.25, -0.2) is 19.6 Å². The molecule has 4 heteroatoms. The number of allylic oxidation sites excluding steroid dienone is 2. The second kappa shape index (κ2) is 7.98. The third-order valence-corrected chi connectivity index (χ3v) is 5.10. The summed E-state index contributed by atoms with van der Waals surface area (Å²) in [6.45, 7) is 24.7. The highest BCUT2D eigenvalue weighted by Crippen LogP contribution is 2.51. The van der Waals surface area contributed by atoms with Crippen molar-refractivity contribution < 1.29 is 19.6 Å². The van der Waals surface area contributed by atoms with E-state index in [1.165, 1.54) is 5.57 Å². The van der Waals surface area contributed by atoms with Gasteiger partial charge in [-0.15, -0.1) is 0 Å². The predicted octanol–water partition coefficient (Wildman–Crippen LogP) is 6.57. The molecule has 0 fully saturated rings. The first-order valence-electron chi connectivity index (χ1n) is 10.0. The lowest BCUT2D eigenvalue weighted by Crippen LogP contribution is -2.51. The molecule has 4 nitrogen and oxygen atoms in total. The third-order valence-electron chi connectivity index (χ3n) is 5.10. The molecule has 0 amide bonds. The molecule has 0 bridgehead atoms. The number of rotatable bonds is 7. The molecule has 0 aromatic carbocycles. The van der Waals surface area contributed by atoms with Crippen LogP contribution in [0.1, 0.15) is 89.5 Å². The third kappa shape index (κ3) is 6.42. The van der Waals surface area contributed by atoms with Crippen molar-refractivity contribution in [3.05, 3.63) is 23.8 Å². The zero-order valence-corrected chi connectivity index (χ0v) is 19.6. The van der Waals surface area contributed by atoms with E-state index in [9.17, 15) is 0 Å². The molecule has 27 heavy (non-hydrogen) atoms. The van der Waals surface area contributed by atoms with Crippen molar-refractivity contribution in [2.24, 2.45) is 11.3 Å².